The molecule has 2 aliphatic rings. The molecular formula is C64H69BN2. The van der Waals surface area contributed by atoms with Crippen LogP contribution in [0.15, 0.2) is 91.0 Å². The first-order chi connectivity index (χ1) is 31.0. The summed E-state index contributed by atoms with van der Waals surface area (Å²) in [7, 11) is 0. The van der Waals surface area contributed by atoms with Crippen LogP contribution in [-0.4, -0.2) is 15.9 Å². The third-order valence-electron chi connectivity index (χ3n) is 16.2. The van der Waals surface area contributed by atoms with Gasteiger partial charge < -0.3 is 9.05 Å². The Morgan fingerprint density at radius 3 is 1.43 bits per heavy atom. The largest absolute Gasteiger partial charge is 0.375 e. The second-order valence-electron chi connectivity index (χ2n) is 27.2. The summed E-state index contributed by atoms with van der Waals surface area (Å²) < 4.78 is 5.62. The Balaban J connectivity index is 1.41. The fourth-order valence-corrected chi connectivity index (χ4v) is 12.3. The summed E-state index contributed by atoms with van der Waals surface area (Å²) in [6.45, 7) is 42.9. The molecular weight excluding hydrogens is 808 g/mol. The summed E-state index contributed by atoms with van der Waals surface area (Å²) in [6, 6.07) is 37.8. The van der Waals surface area contributed by atoms with Crippen molar-refractivity contribution >= 4 is 93.7 Å². The Morgan fingerprint density at radius 2 is 0.866 bits per heavy atom. The highest BCUT2D eigenvalue weighted by Gasteiger charge is 2.45. The van der Waals surface area contributed by atoms with Crippen molar-refractivity contribution in [3.63, 3.8) is 0 Å². The monoisotopic (exact) mass is 877 g/mol. The van der Waals surface area contributed by atoms with Crippen molar-refractivity contribution in [1.82, 2.24) is 9.05 Å². The van der Waals surface area contributed by atoms with Gasteiger partial charge in [0, 0.05) is 48.9 Å². The second kappa shape index (κ2) is 12.8. The van der Waals surface area contributed by atoms with Gasteiger partial charge in [0.25, 0.3) is 0 Å². The molecule has 2 aromatic heterocycles. The average molecular weight is 877 g/mol. The van der Waals surface area contributed by atoms with Gasteiger partial charge in [-0.1, -0.05) is 179 Å². The minimum Gasteiger partial charge on any atom is -0.375 e. The van der Waals surface area contributed by atoms with Gasteiger partial charge in [-0.05, 0) is 140 Å². The maximum atomic E-state index is 2.81. The molecule has 0 fully saturated rings. The Morgan fingerprint density at radius 1 is 0.373 bits per heavy atom. The number of hydrogen-bond donors (Lipinski definition) is 0. The van der Waals surface area contributed by atoms with Gasteiger partial charge in [-0.3, -0.25) is 0 Å². The first kappa shape index (κ1) is 42.8. The van der Waals surface area contributed by atoms with Crippen molar-refractivity contribution in [3.8, 4) is 16.8 Å². The van der Waals surface area contributed by atoms with Crippen molar-refractivity contribution in [2.24, 2.45) is 0 Å². The lowest BCUT2D eigenvalue weighted by molar-refractivity contribution is 0.572. The molecule has 10 aromatic rings. The van der Waals surface area contributed by atoms with Crippen LogP contribution in [0.1, 0.15) is 158 Å². The molecule has 12 rings (SSSR count). The minimum absolute atomic E-state index is 0.0113. The molecule has 0 atom stereocenters. The molecule has 0 radical (unpaired) electrons. The molecule has 0 N–H and O–H groups in total. The Bertz CT molecular complexity index is 3820. The number of aromatic nitrogens is 2. The molecule has 3 heteroatoms. The Kier molecular flexibility index (Phi) is 8.15. The average Bonchev–Trinajstić information content (AvgIpc) is 3.73. The van der Waals surface area contributed by atoms with E-state index in [4.69, 9.17) is 0 Å². The smallest absolute Gasteiger partial charge is 0.333 e. The fourth-order valence-electron chi connectivity index (χ4n) is 12.3. The zero-order valence-corrected chi connectivity index (χ0v) is 43.6. The van der Waals surface area contributed by atoms with Gasteiger partial charge in [-0.25, -0.2) is 0 Å². The van der Waals surface area contributed by atoms with Crippen molar-refractivity contribution in [3.05, 3.63) is 124 Å². The van der Waals surface area contributed by atoms with Crippen LogP contribution in [0, 0.1) is 0 Å². The highest BCUT2D eigenvalue weighted by molar-refractivity contribution is 6.90. The van der Waals surface area contributed by atoms with Gasteiger partial charge in [0.05, 0.1) is 16.7 Å². The number of nitrogens with zero attached hydrogens (tertiary/aromatic N) is 2. The summed E-state index contributed by atoms with van der Waals surface area (Å²) in [4.78, 5) is 0. The summed E-state index contributed by atoms with van der Waals surface area (Å²) in [5.41, 5.74) is 20.5. The lowest BCUT2D eigenvalue weighted by atomic mass is 9.44. The van der Waals surface area contributed by atoms with Gasteiger partial charge in [-0.15, -0.1) is 0 Å². The summed E-state index contributed by atoms with van der Waals surface area (Å²) >= 11 is 0. The molecule has 0 bridgehead atoms. The van der Waals surface area contributed by atoms with Gasteiger partial charge in [0.2, 0.25) is 0 Å². The van der Waals surface area contributed by atoms with E-state index in [1.807, 2.05) is 0 Å². The molecule has 0 saturated carbocycles. The maximum Gasteiger partial charge on any atom is 0.333 e. The van der Waals surface area contributed by atoms with E-state index in [0.717, 1.165) is 0 Å². The van der Waals surface area contributed by atoms with E-state index in [-0.39, 0.29) is 39.3 Å². The summed E-state index contributed by atoms with van der Waals surface area (Å²) in [6.07, 6.45) is 0. The normalized spacial score (nSPS) is 14.7. The van der Waals surface area contributed by atoms with Crippen LogP contribution in [0.3, 0.4) is 0 Å². The molecule has 0 unspecified atom stereocenters. The van der Waals surface area contributed by atoms with E-state index in [1.165, 1.54) is 137 Å². The predicted octanol–water partition coefficient (Wildman–Crippen LogP) is 16.5. The number of rotatable bonds is 0. The Labute approximate surface area is 399 Å². The van der Waals surface area contributed by atoms with Crippen molar-refractivity contribution in [2.75, 3.05) is 0 Å². The van der Waals surface area contributed by atoms with Crippen molar-refractivity contribution in [2.45, 2.75) is 157 Å². The summed E-state index contributed by atoms with van der Waals surface area (Å²) in [5.74, 6) is 0. The van der Waals surface area contributed by atoms with Gasteiger partial charge >= 0.3 is 6.85 Å². The third kappa shape index (κ3) is 5.76. The zero-order chi connectivity index (χ0) is 47.8. The molecule has 2 nitrogen and oxygen atoms in total. The topological polar surface area (TPSA) is 9.86 Å². The second-order valence-corrected chi connectivity index (χ2v) is 27.2. The number of hydrogen-bond acceptors (Lipinski definition) is 0. The quantitative estimate of drug-likeness (QED) is 0.106. The SMILES string of the molecule is CC(C)(C)c1cc2ccc3c4c5c(c6ccc(c1)c2c36)-n1c2c(cc(C(C)(C)C)cc2c2cc(C(C)(C)C)cc(C(C)(C)C)c21)B5n1c2ccc(C(C)(C)C)cc2c2cc(C(C)(C)C)cc-4c21. The summed E-state index contributed by atoms with van der Waals surface area (Å²) in [5, 5.41) is 13.6. The molecule has 4 heterocycles. The van der Waals surface area contributed by atoms with Crippen molar-refractivity contribution < 1.29 is 0 Å². The molecule has 67 heavy (non-hydrogen) atoms. The minimum atomic E-state index is -0.119. The fraction of sp³-hybridized carbons (Fsp3) is 0.375. The van der Waals surface area contributed by atoms with Crippen molar-refractivity contribution in [1.29, 1.82) is 0 Å². The van der Waals surface area contributed by atoms with Crippen LogP contribution in [-0.2, 0) is 32.5 Å². The zero-order valence-electron chi connectivity index (χ0n) is 43.6. The van der Waals surface area contributed by atoms with Gasteiger partial charge in [-0.2, -0.15) is 0 Å². The van der Waals surface area contributed by atoms with Crippen LogP contribution < -0.4 is 10.9 Å². The van der Waals surface area contributed by atoms with Crippen LogP contribution in [0.5, 0.6) is 0 Å². The standard InChI is InChI=1S/C64H69BN2/c1-59(2,3)36-21-24-50-43(27-36)44-28-38(61(7,8)9)31-47-53-41-22-19-34-25-37(60(4,5)6)26-35-20-23-42(52(41)51(34)35)58-54(53)65(67(50)55(44)47)49-33-40(63(13,14)15)30-46-45-29-39(62(10,11)12)32-48(64(16,17)18)56(45)66(58)57(46)49/h19-33H,1-18H3. The number of benzene rings is 8. The first-order valence-corrected chi connectivity index (χ1v) is 25.1. The molecule has 0 amide bonds. The maximum absolute atomic E-state index is 2.81. The molecule has 0 aliphatic carbocycles. The van der Waals surface area contributed by atoms with Crippen LogP contribution in [0.2, 0.25) is 0 Å². The molecule has 338 valence electrons. The molecule has 2 aliphatic heterocycles. The highest BCUT2D eigenvalue weighted by atomic mass is 15.0. The van der Waals surface area contributed by atoms with Gasteiger partial charge in [0.15, 0.2) is 0 Å². The molecule has 0 spiro atoms. The van der Waals surface area contributed by atoms with Crippen LogP contribution in [0.25, 0.3) is 92.7 Å². The molecule has 8 aromatic carbocycles. The highest BCUT2D eigenvalue weighted by Crippen LogP contribution is 2.52. The van der Waals surface area contributed by atoms with Crippen LogP contribution >= 0.6 is 0 Å². The predicted molar refractivity (Wildman–Crippen MR) is 296 cm³/mol. The number of fused-ring (bicyclic) bond motifs is 12. The van der Waals surface area contributed by atoms with E-state index in [1.54, 1.807) is 0 Å². The lowest BCUT2D eigenvalue weighted by Gasteiger charge is -2.37. The van der Waals surface area contributed by atoms with Crippen LogP contribution in [0.4, 0.5) is 0 Å². The van der Waals surface area contributed by atoms with E-state index in [2.05, 4.69) is 225 Å². The Hall–Kier alpha value is -5.54. The van der Waals surface area contributed by atoms with Gasteiger partial charge in [0.1, 0.15) is 0 Å². The molecule has 0 saturated heterocycles. The van der Waals surface area contributed by atoms with E-state index >= 15 is 0 Å². The third-order valence-corrected chi connectivity index (χ3v) is 16.2. The van der Waals surface area contributed by atoms with E-state index in [0.29, 0.717) is 0 Å². The first-order valence-electron chi connectivity index (χ1n) is 25.1. The van der Waals surface area contributed by atoms with E-state index in [9.17, 15) is 0 Å². The van der Waals surface area contributed by atoms with E-state index < -0.39 is 0 Å². The lowest BCUT2D eigenvalue weighted by Crippen LogP contribution is -2.55.